The molecule has 0 saturated carbocycles. The quantitative estimate of drug-likeness (QED) is 0.693. The second kappa shape index (κ2) is 7.64. The van der Waals surface area contributed by atoms with Crippen LogP contribution in [0.4, 0.5) is 5.69 Å². The average molecular weight is 399 g/mol. The first-order valence-electron chi connectivity index (χ1n) is 8.95. The Kier molecular flexibility index (Phi) is 5.42. The molecule has 0 aliphatic heterocycles. The molecule has 7 heteroatoms. The van der Waals surface area contributed by atoms with Crippen molar-refractivity contribution < 1.29 is 9.59 Å². The molecule has 0 radical (unpaired) electrons. The van der Waals surface area contributed by atoms with Crippen molar-refractivity contribution in [3.63, 3.8) is 0 Å². The molecule has 0 bridgehead atoms. The molecule has 0 saturated heterocycles. The summed E-state index contributed by atoms with van der Waals surface area (Å²) in [5.74, 6) is -0.373. The number of aromatic nitrogens is 2. The number of nitrogens with zero attached hydrogens (tertiary/aromatic N) is 2. The molecule has 28 heavy (non-hydrogen) atoms. The maximum Gasteiger partial charge on any atom is 0.257 e. The van der Waals surface area contributed by atoms with Gasteiger partial charge in [-0.05, 0) is 29.8 Å². The van der Waals surface area contributed by atoms with Gasteiger partial charge in [-0.2, -0.15) is 5.10 Å². The zero-order chi connectivity index (χ0) is 20.5. The summed E-state index contributed by atoms with van der Waals surface area (Å²) in [4.78, 5) is 24.9. The normalized spacial score (nSPS) is 11.5. The van der Waals surface area contributed by atoms with Gasteiger partial charge in [-0.1, -0.05) is 44.5 Å². The number of carbonyl (C=O) groups is 2. The van der Waals surface area contributed by atoms with Crippen molar-refractivity contribution in [1.82, 2.24) is 15.1 Å². The van der Waals surface area contributed by atoms with E-state index in [0.29, 0.717) is 22.8 Å². The van der Waals surface area contributed by atoms with Crippen molar-refractivity contribution in [1.29, 1.82) is 0 Å². The Balaban J connectivity index is 1.80. The lowest BCUT2D eigenvalue weighted by Gasteiger charge is -2.18. The number of hydrogen-bond acceptors (Lipinski definition) is 3. The number of hydrogen-bond donors (Lipinski definition) is 2. The van der Waals surface area contributed by atoms with E-state index in [4.69, 9.17) is 11.6 Å². The molecule has 0 atom stereocenters. The Morgan fingerprint density at radius 1 is 1.18 bits per heavy atom. The molecule has 1 heterocycles. The van der Waals surface area contributed by atoms with Gasteiger partial charge in [-0.25, -0.2) is 0 Å². The van der Waals surface area contributed by atoms with Crippen molar-refractivity contribution in [2.45, 2.75) is 27.3 Å². The van der Waals surface area contributed by atoms with E-state index in [0.717, 1.165) is 16.5 Å². The molecule has 2 amide bonds. The van der Waals surface area contributed by atoms with Crippen LogP contribution in [-0.2, 0) is 18.4 Å². The summed E-state index contributed by atoms with van der Waals surface area (Å²) >= 11 is 6.25. The minimum Gasteiger partial charge on any atom is -0.352 e. The van der Waals surface area contributed by atoms with Gasteiger partial charge in [0.15, 0.2) is 0 Å². The number of anilines is 1. The highest BCUT2D eigenvalue weighted by Gasteiger charge is 2.21. The van der Waals surface area contributed by atoms with Crippen LogP contribution in [0, 0.1) is 5.41 Å². The SMILES string of the molecule is Cn1ncc2c(NC(=O)c3cc(CNC(=O)C(C)(C)C)ccc3Cl)cccc21. The molecular weight excluding hydrogens is 376 g/mol. The predicted octanol–water partition coefficient (Wildman–Crippen LogP) is 4.14. The van der Waals surface area contributed by atoms with E-state index in [1.54, 1.807) is 29.1 Å². The van der Waals surface area contributed by atoms with Gasteiger partial charge in [-0.15, -0.1) is 0 Å². The summed E-state index contributed by atoms with van der Waals surface area (Å²) in [6.45, 7) is 5.87. The monoisotopic (exact) mass is 398 g/mol. The maximum absolute atomic E-state index is 12.8. The van der Waals surface area contributed by atoms with Crippen molar-refractivity contribution in [2.24, 2.45) is 12.5 Å². The van der Waals surface area contributed by atoms with E-state index in [1.165, 1.54) is 0 Å². The average Bonchev–Trinajstić information content (AvgIpc) is 3.02. The van der Waals surface area contributed by atoms with Crippen molar-refractivity contribution in [3.05, 3.63) is 58.7 Å². The summed E-state index contributed by atoms with van der Waals surface area (Å²) in [7, 11) is 1.85. The van der Waals surface area contributed by atoms with Crippen LogP contribution in [0.25, 0.3) is 10.9 Å². The van der Waals surface area contributed by atoms with Crippen LogP contribution in [0.2, 0.25) is 5.02 Å². The third kappa shape index (κ3) is 4.17. The van der Waals surface area contributed by atoms with Gasteiger partial charge in [0.1, 0.15) is 0 Å². The standard InChI is InChI=1S/C21H23ClN4O2/c1-21(2,3)20(28)23-11-13-8-9-16(22)14(10-13)19(27)25-17-6-5-7-18-15(17)12-24-26(18)4/h5-10,12H,11H2,1-4H3,(H,23,28)(H,25,27). The topological polar surface area (TPSA) is 76.0 Å². The zero-order valence-corrected chi connectivity index (χ0v) is 17.1. The van der Waals surface area contributed by atoms with Gasteiger partial charge < -0.3 is 10.6 Å². The molecular formula is C21H23ClN4O2. The van der Waals surface area contributed by atoms with Gasteiger partial charge in [0.05, 0.1) is 28.0 Å². The van der Waals surface area contributed by atoms with Crippen LogP contribution in [-0.4, -0.2) is 21.6 Å². The van der Waals surface area contributed by atoms with Gasteiger partial charge >= 0.3 is 0 Å². The Hall–Kier alpha value is -2.86. The lowest BCUT2D eigenvalue weighted by atomic mass is 9.95. The number of aryl methyl sites for hydroxylation is 1. The third-order valence-corrected chi connectivity index (χ3v) is 4.78. The summed E-state index contributed by atoms with van der Waals surface area (Å²) in [6.07, 6.45) is 1.71. The van der Waals surface area contributed by atoms with Crippen molar-refractivity contribution in [2.75, 3.05) is 5.32 Å². The van der Waals surface area contributed by atoms with Crippen molar-refractivity contribution >= 4 is 40.0 Å². The van der Waals surface area contributed by atoms with E-state index >= 15 is 0 Å². The molecule has 0 aliphatic rings. The number of carbonyl (C=O) groups excluding carboxylic acids is 2. The van der Waals surface area contributed by atoms with E-state index in [1.807, 2.05) is 46.0 Å². The van der Waals surface area contributed by atoms with Crippen LogP contribution in [0.1, 0.15) is 36.7 Å². The van der Waals surface area contributed by atoms with Crippen molar-refractivity contribution in [3.8, 4) is 0 Å². The predicted molar refractivity (Wildman–Crippen MR) is 111 cm³/mol. The number of nitrogens with one attached hydrogen (secondary N) is 2. The third-order valence-electron chi connectivity index (χ3n) is 4.45. The molecule has 3 rings (SSSR count). The van der Waals surface area contributed by atoms with Crippen LogP contribution in [0.15, 0.2) is 42.6 Å². The molecule has 146 valence electrons. The molecule has 0 fully saturated rings. The first kappa shape index (κ1) is 19.9. The summed E-state index contributed by atoms with van der Waals surface area (Å²) in [5, 5.41) is 11.2. The fraction of sp³-hybridized carbons (Fsp3) is 0.286. The molecule has 6 nitrogen and oxygen atoms in total. The lowest BCUT2D eigenvalue weighted by Crippen LogP contribution is -2.34. The summed E-state index contributed by atoms with van der Waals surface area (Å²) < 4.78 is 1.75. The van der Waals surface area contributed by atoms with E-state index in [-0.39, 0.29) is 11.8 Å². The second-order valence-corrected chi connectivity index (χ2v) is 8.11. The number of fused-ring (bicyclic) bond motifs is 1. The minimum atomic E-state index is -0.477. The van der Waals surface area contributed by atoms with Crippen LogP contribution >= 0.6 is 11.6 Å². The Bertz CT molecular complexity index is 1050. The molecule has 0 unspecified atom stereocenters. The zero-order valence-electron chi connectivity index (χ0n) is 16.3. The molecule has 1 aromatic heterocycles. The van der Waals surface area contributed by atoms with Gasteiger partial charge in [0.2, 0.25) is 5.91 Å². The Morgan fingerprint density at radius 2 is 1.93 bits per heavy atom. The fourth-order valence-electron chi connectivity index (χ4n) is 2.78. The summed E-state index contributed by atoms with van der Waals surface area (Å²) in [6, 6.07) is 10.8. The number of halogens is 1. The number of benzene rings is 2. The van der Waals surface area contributed by atoms with Gasteiger partial charge in [0, 0.05) is 24.4 Å². The lowest BCUT2D eigenvalue weighted by molar-refractivity contribution is -0.128. The maximum atomic E-state index is 12.8. The highest BCUT2D eigenvalue weighted by atomic mass is 35.5. The van der Waals surface area contributed by atoms with Gasteiger partial charge in [-0.3, -0.25) is 14.3 Å². The second-order valence-electron chi connectivity index (χ2n) is 7.71. The van der Waals surface area contributed by atoms with Crippen LogP contribution in [0.5, 0.6) is 0 Å². The van der Waals surface area contributed by atoms with E-state index in [9.17, 15) is 9.59 Å². The molecule has 2 aromatic carbocycles. The Morgan fingerprint density at radius 3 is 2.64 bits per heavy atom. The largest absolute Gasteiger partial charge is 0.352 e. The Labute approximate surface area is 168 Å². The van der Waals surface area contributed by atoms with Crippen LogP contribution in [0.3, 0.4) is 0 Å². The van der Waals surface area contributed by atoms with E-state index < -0.39 is 5.41 Å². The first-order valence-corrected chi connectivity index (χ1v) is 9.33. The number of rotatable bonds is 4. The van der Waals surface area contributed by atoms with E-state index in [2.05, 4.69) is 15.7 Å². The first-order chi connectivity index (χ1) is 13.2. The fourth-order valence-corrected chi connectivity index (χ4v) is 2.98. The highest BCUT2D eigenvalue weighted by molar-refractivity contribution is 6.34. The van der Waals surface area contributed by atoms with Crippen LogP contribution < -0.4 is 10.6 Å². The number of amides is 2. The molecule has 0 aliphatic carbocycles. The van der Waals surface area contributed by atoms with Gasteiger partial charge in [0.25, 0.3) is 5.91 Å². The summed E-state index contributed by atoms with van der Waals surface area (Å²) in [5.41, 5.74) is 2.26. The smallest absolute Gasteiger partial charge is 0.257 e. The molecule has 3 aromatic rings. The molecule has 2 N–H and O–H groups in total. The highest BCUT2D eigenvalue weighted by Crippen LogP contribution is 2.25. The molecule has 0 spiro atoms. The minimum absolute atomic E-state index is 0.0586.